The highest BCUT2D eigenvalue weighted by atomic mass is 16.5. The fourth-order valence-electron chi connectivity index (χ4n) is 2.31. The number of fused-ring (bicyclic) bond motifs is 3. The maximum absolute atomic E-state index is 12.1. The van der Waals surface area contributed by atoms with E-state index in [1.54, 1.807) is 25.3 Å². The lowest BCUT2D eigenvalue weighted by Gasteiger charge is -2.00. The van der Waals surface area contributed by atoms with Crippen LogP contribution in [0.5, 0.6) is 0 Å². The molecule has 3 aromatic heterocycles. The van der Waals surface area contributed by atoms with Crippen LogP contribution in [0.1, 0.15) is 26.6 Å². The van der Waals surface area contributed by atoms with Crippen LogP contribution in [-0.4, -0.2) is 35.8 Å². The summed E-state index contributed by atoms with van der Waals surface area (Å²) in [6, 6.07) is 3.49. The fourth-order valence-corrected chi connectivity index (χ4v) is 2.31. The summed E-state index contributed by atoms with van der Waals surface area (Å²) in [7, 11) is 2.47. The molecule has 0 spiro atoms. The Labute approximate surface area is 119 Å². The number of carbonyl (C=O) groups excluding carboxylic acids is 2. The Bertz CT molecular complexity index is 874. The summed E-state index contributed by atoms with van der Waals surface area (Å²) in [5, 5.41) is 4.79. The Kier molecular flexibility index (Phi) is 2.90. The van der Waals surface area contributed by atoms with E-state index in [0.29, 0.717) is 22.2 Å². The second-order valence-electron chi connectivity index (χ2n) is 4.45. The number of carbonyl (C=O) groups is 2. The van der Waals surface area contributed by atoms with E-state index in [1.165, 1.54) is 18.7 Å². The number of furan rings is 1. The third-order valence-corrected chi connectivity index (χ3v) is 3.18. The van der Waals surface area contributed by atoms with Crippen molar-refractivity contribution in [3.05, 3.63) is 35.3 Å². The van der Waals surface area contributed by atoms with Crippen molar-refractivity contribution in [1.82, 2.24) is 9.61 Å². The number of ether oxygens (including phenoxy) is 2. The van der Waals surface area contributed by atoms with Crippen LogP contribution in [0.2, 0.25) is 0 Å². The van der Waals surface area contributed by atoms with Crippen LogP contribution >= 0.6 is 0 Å². The Balaban J connectivity index is 2.47. The molecule has 0 radical (unpaired) electrons. The normalized spacial score (nSPS) is 11.0. The molecular formula is C14H12N2O5. The molecule has 108 valence electrons. The molecule has 0 saturated heterocycles. The molecule has 0 bridgehead atoms. The van der Waals surface area contributed by atoms with Gasteiger partial charge in [0.25, 0.3) is 0 Å². The molecular weight excluding hydrogens is 276 g/mol. The fraction of sp³-hybridized carbons (Fsp3) is 0.214. The van der Waals surface area contributed by atoms with Crippen molar-refractivity contribution in [1.29, 1.82) is 0 Å². The van der Waals surface area contributed by atoms with E-state index >= 15 is 0 Å². The first-order valence-corrected chi connectivity index (χ1v) is 6.15. The highest BCUT2D eigenvalue weighted by molar-refractivity contribution is 6.12. The minimum atomic E-state index is -0.701. The van der Waals surface area contributed by atoms with Crippen LogP contribution in [0.4, 0.5) is 0 Å². The van der Waals surface area contributed by atoms with Crippen molar-refractivity contribution < 1.29 is 23.5 Å². The molecule has 3 aromatic rings. The maximum atomic E-state index is 12.1. The molecule has 7 nitrogen and oxygen atoms in total. The summed E-state index contributed by atoms with van der Waals surface area (Å²) in [6.45, 7) is 1.80. The van der Waals surface area contributed by atoms with Gasteiger partial charge in [-0.15, -0.1) is 0 Å². The third kappa shape index (κ3) is 1.85. The first-order chi connectivity index (χ1) is 10.1. The molecule has 0 aliphatic rings. The highest BCUT2D eigenvalue weighted by Gasteiger charge is 2.27. The molecule has 0 N–H and O–H groups in total. The zero-order valence-electron chi connectivity index (χ0n) is 11.7. The predicted molar refractivity (Wildman–Crippen MR) is 72.4 cm³/mol. The number of hydrogen-bond acceptors (Lipinski definition) is 6. The maximum Gasteiger partial charge on any atom is 0.359 e. The van der Waals surface area contributed by atoms with Gasteiger partial charge in [-0.3, -0.25) is 0 Å². The van der Waals surface area contributed by atoms with E-state index in [-0.39, 0.29) is 11.3 Å². The van der Waals surface area contributed by atoms with Gasteiger partial charge in [0.2, 0.25) is 0 Å². The molecule has 0 aliphatic carbocycles. The van der Waals surface area contributed by atoms with Gasteiger partial charge in [-0.05, 0) is 19.1 Å². The molecule has 21 heavy (non-hydrogen) atoms. The lowest BCUT2D eigenvalue weighted by molar-refractivity contribution is 0.0553. The largest absolute Gasteiger partial charge is 0.465 e. The summed E-state index contributed by atoms with van der Waals surface area (Å²) in [5.74, 6) is -0.668. The van der Waals surface area contributed by atoms with Crippen molar-refractivity contribution in [3.63, 3.8) is 0 Å². The molecule has 0 atom stereocenters. The number of hydrogen-bond donors (Lipinski definition) is 0. The molecule has 0 unspecified atom stereocenters. The average molecular weight is 288 g/mol. The van der Waals surface area contributed by atoms with Gasteiger partial charge in [0.05, 0.1) is 19.7 Å². The lowest BCUT2D eigenvalue weighted by atomic mass is 10.1. The van der Waals surface area contributed by atoms with Crippen LogP contribution in [-0.2, 0) is 9.47 Å². The van der Waals surface area contributed by atoms with E-state index in [2.05, 4.69) is 9.84 Å². The zero-order chi connectivity index (χ0) is 15.1. The molecule has 3 heterocycles. The Morgan fingerprint density at radius 1 is 1.24 bits per heavy atom. The Morgan fingerprint density at radius 2 is 1.95 bits per heavy atom. The van der Waals surface area contributed by atoms with Crippen LogP contribution in [0.15, 0.2) is 22.7 Å². The van der Waals surface area contributed by atoms with Crippen LogP contribution < -0.4 is 0 Å². The van der Waals surface area contributed by atoms with Gasteiger partial charge in [0.15, 0.2) is 5.69 Å². The van der Waals surface area contributed by atoms with Crippen molar-refractivity contribution >= 4 is 28.4 Å². The monoisotopic (exact) mass is 288 g/mol. The molecule has 0 aromatic carbocycles. The first-order valence-electron chi connectivity index (χ1n) is 6.15. The molecule has 0 amide bonds. The smallest absolute Gasteiger partial charge is 0.359 e. The summed E-state index contributed by atoms with van der Waals surface area (Å²) in [4.78, 5) is 23.9. The third-order valence-electron chi connectivity index (χ3n) is 3.18. The minimum absolute atomic E-state index is 0.0655. The topological polar surface area (TPSA) is 83.0 Å². The Morgan fingerprint density at radius 3 is 2.62 bits per heavy atom. The standard InChI is InChI=1S/C14H12N2O5/c1-7-6-8-9(21-7)4-5-16-12(8)10(13(17)19-2)11(15-16)14(18)20-3/h4-6H,1-3H3. The summed E-state index contributed by atoms with van der Waals surface area (Å²) in [6.07, 6.45) is 1.61. The van der Waals surface area contributed by atoms with Crippen LogP contribution in [0.25, 0.3) is 16.5 Å². The molecule has 7 heteroatoms. The second-order valence-corrected chi connectivity index (χ2v) is 4.45. The van der Waals surface area contributed by atoms with E-state index in [9.17, 15) is 9.59 Å². The number of aryl methyl sites for hydroxylation is 1. The molecule has 3 rings (SSSR count). The number of rotatable bonds is 2. The quantitative estimate of drug-likeness (QED) is 0.670. The van der Waals surface area contributed by atoms with Crippen LogP contribution in [0.3, 0.4) is 0 Å². The predicted octanol–water partition coefficient (Wildman–Crippen LogP) is 1.96. The van der Waals surface area contributed by atoms with Gasteiger partial charge in [-0.2, -0.15) is 5.10 Å². The zero-order valence-corrected chi connectivity index (χ0v) is 11.7. The average Bonchev–Trinajstić information content (AvgIpc) is 3.04. The number of esters is 2. The number of aromatic nitrogens is 2. The van der Waals surface area contributed by atoms with E-state index in [4.69, 9.17) is 9.15 Å². The van der Waals surface area contributed by atoms with Crippen molar-refractivity contribution in [2.24, 2.45) is 0 Å². The van der Waals surface area contributed by atoms with Crippen molar-refractivity contribution in [2.45, 2.75) is 6.92 Å². The Hall–Kier alpha value is -2.83. The van der Waals surface area contributed by atoms with Crippen LogP contribution in [0, 0.1) is 6.92 Å². The van der Waals surface area contributed by atoms with Crippen molar-refractivity contribution in [3.8, 4) is 0 Å². The molecule has 0 saturated carbocycles. The summed E-state index contributed by atoms with van der Waals surface area (Å²) < 4.78 is 16.4. The second kappa shape index (κ2) is 4.62. The molecule has 0 aliphatic heterocycles. The van der Waals surface area contributed by atoms with Crippen molar-refractivity contribution in [2.75, 3.05) is 14.2 Å². The van der Waals surface area contributed by atoms with E-state index < -0.39 is 11.9 Å². The number of pyridine rings is 1. The number of methoxy groups -OCH3 is 2. The lowest BCUT2D eigenvalue weighted by Crippen LogP contribution is -2.10. The van der Waals surface area contributed by atoms with E-state index in [0.717, 1.165) is 0 Å². The SMILES string of the molecule is COC(=O)c1nn2ccc3oc(C)cc3c2c1C(=O)OC. The van der Waals surface area contributed by atoms with Gasteiger partial charge < -0.3 is 13.9 Å². The summed E-state index contributed by atoms with van der Waals surface area (Å²) in [5.41, 5.74) is 1.03. The van der Waals surface area contributed by atoms with Gasteiger partial charge in [-0.25, -0.2) is 14.1 Å². The van der Waals surface area contributed by atoms with E-state index in [1.807, 2.05) is 0 Å². The molecule has 0 fully saturated rings. The van der Waals surface area contributed by atoms with Gasteiger partial charge in [0.1, 0.15) is 16.9 Å². The minimum Gasteiger partial charge on any atom is -0.465 e. The van der Waals surface area contributed by atoms with Gasteiger partial charge in [-0.1, -0.05) is 0 Å². The van der Waals surface area contributed by atoms with Gasteiger partial charge >= 0.3 is 11.9 Å². The highest BCUT2D eigenvalue weighted by Crippen LogP contribution is 2.28. The number of nitrogens with zero attached hydrogens (tertiary/aromatic N) is 2. The summed E-state index contributed by atoms with van der Waals surface area (Å²) >= 11 is 0. The van der Waals surface area contributed by atoms with Gasteiger partial charge in [0, 0.05) is 11.6 Å². The first kappa shape index (κ1) is 13.2.